The minimum Gasteiger partial charge on any atom is -0.493 e. The lowest BCUT2D eigenvalue weighted by molar-refractivity contribution is -0.135. The van der Waals surface area contributed by atoms with E-state index in [1.54, 1.807) is 60.7 Å². The number of carbonyl (C=O) groups excluding carboxylic acids is 2. The quantitative estimate of drug-likeness (QED) is 0.187. The van der Waals surface area contributed by atoms with Crippen LogP contribution in [0.1, 0.15) is 49.9 Å². The first kappa shape index (κ1) is 25.0. The summed E-state index contributed by atoms with van der Waals surface area (Å²) in [6.07, 6.45) is 1.57. The summed E-state index contributed by atoms with van der Waals surface area (Å²) >= 11 is 0. The van der Waals surface area contributed by atoms with Gasteiger partial charge in [-0.2, -0.15) is 0 Å². The van der Waals surface area contributed by atoms with Gasteiger partial charge >= 0.3 is 11.9 Å². The highest BCUT2D eigenvalue weighted by Gasteiger charge is 2.39. The second-order valence-electron chi connectivity index (χ2n) is 9.19. The Balaban J connectivity index is 1.39. The van der Waals surface area contributed by atoms with Crippen molar-refractivity contribution in [2.75, 3.05) is 14.2 Å². The summed E-state index contributed by atoms with van der Waals surface area (Å²) in [5.41, 5.74) is 2.31. The summed E-state index contributed by atoms with van der Waals surface area (Å²) in [5.74, 6) is 0.266. The first-order chi connectivity index (χ1) is 19.4. The molecule has 0 fully saturated rings. The number of methoxy groups -OCH3 is 2. The summed E-state index contributed by atoms with van der Waals surface area (Å²) in [6, 6.07) is 18.3. The van der Waals surface area contributed by atoms with Gasteiger partial charge in [0.15, 0.2) is 17.3 Å². The summed E-state index contributed by atoms with van der Waals surface area (Å²) in [6.45, 7) is 0. The van der Waals surface area contributed by atoms with Gasteiger partial charge in [-0.05, 0) is 48.5 Å². The maximum absolute atomic E-state index is 13.4. The van der Waals surface area contributed by atoms with E-state index in [0.29, 0.717) is 51.0 Å². The fraction of sp³-hybridized carbons (Fsp3) is 0.129. The monoisotopic (exact) mass is 538 g/mol. The molecule has 0 aliphatic carbocycles. The number of carboxylic acids is 1. The Morgan fingerprint density at radius 1 is 0.950 bits per heavy atom. The summed E-state index contributed by atoms with van der Waals surface area (Å²) < 4.78 is 28.6. The Bertz CT molecular complexity index is 1710. The fourth-order valence-corrected chi connectivity index (χ4v) is 4.99. The molecular formula is C31H22O9. The van der Waals surface area contributed by atoms with Gasteiger partial charge in [-0.25, -0.2) is 4.79 Å². The van der Waals surface area contributed by atoms with Gasteiger partial charge in [0.25, 0.3) is 0 Å². The van der Waals surface area contributed by atoms with Gasteiger partial charge in [-0.1, -0.05) is 24.3 Å². The topological polar surface area (TPSA) is 122 Å². The van der Waals surface area contributed by atoms with Crippen LogP contribution in [0.4, 0.5) is 0 Å². The van der Waals surface area contributed by atoms with E-state index < -0.39 is 17.9 Å². The normalized spacial score (nSPS) is 16.6. The molecule has 9 heteroatoms. The molecule has 200 valence electrons. The summed E-state index contributed by atoms with van der Waals surface area (Å²) in [4.78, 5) is 37.1. The van der Waals surface area contributed by atoms with E-state index in [2.05, 4.69) is 0 Å². The number of hydrogen-bond acceptors (Lipinski definition) is 8. The Morgan fingerprint density at radius 3 is 2.48 bits per heavy atom. The molecule has 0 radical (unpaired) electrons. The molecule has 0 bridgehead atoms. The molecule has 2 aliphatic heterocycles. The molecule has 6 rings (SSSR count). The van der Waals surface area contributed by atoms with Crippen LogP contribution in [0.25, 0.3) is 17.4 Å². The van der Waals surface area contributed by atoms with E-state index in [-0.39, 0.29) is 29.3 Å². The first-order valence-electron chi connectivity index (χ1n) is 12.3. The van der Waals surface area contributed by atoms with Crippen molar-refractivity contribution in [1.29, 1.82) is 0 Å². The van der Waals surface area contributed by atoms with E-state index in [9.17, 15) is 14.4 Å². The Kier molecular flexibility index (Phi) is 6.11. The van der Waals surface area contributed by atoms with Crippen molar-refractivity contribution in [2.24, 2.45) is 0 Å². The second-order valence-corrected chi connectivity index (χ2v) is 9.19. The zero-order chi connectivity index (χ0) is 28.0. The lowest BCUT2D eigenvalue weighted by Crippen LogP contribution is -2.21. The number of ketones is 1. The molecule has 4 aromatic rings. The Hall–Kier alpha value is -5.31. The highest BCUT2D eigenvalue weighted by atomic mass is 16.5. The van der Waals surface area contributed by atoms with Gasteiger partial charge in [-0.3, -0.25) is 9.59 Å². The second kappa shape index (κ2) is 9.77. The van der Waals surface area contributed by atoms with Crippen LogP contribution in [0.15, 0.2) is 76.9 Å². The lowest BCUT2D eigenvalue weighted by atomic mass is 9.88. The number of carbonyl (C=O) groups is 3. The van der Waals surface area contributed by atoms with E-state index >= 15 is 0 Å². The molecule has 3 aromatic carbocycles. The first-order valence-corrected chi connectivity index (χ1v) is 12.3. The van der Waals surface area contributed by atoms with Crippen LogP contribution in [0.2, 0.25) is 0 Å². The van der Waals surface area contributed by atoms with Crippen LogP contribution < -0.4 is 18.9 Å². The third kappa shape index (κ3) is 4.17. The summed E-state index contributed by atoms with van der Waals surface area (Å²) in [5, 5.41) is 9.17. The van der Waals surface area contributed by atoms with Gasteiger partial charge in [0, 0.05) is 16.7 Å². The Morgan fingerprint density at radius 2 is 1.75 bits per heavy atom. The molecule has 40 heavy (non-hydrogen) atoms. The molecule has 1 atom stereocenters. The molecule has 0 spiro atoms. The van der Waals surface area contributed by atoms with Crippen LogP contribution in [0.5, 0.6) is 23.0 Å². The largest absolute Gasteiger partial charge is 0.493 e. The minimum atomic E-state index is -1.02. The molecule has 9 nitrogen and oxygen atoms in total. The molecular weight excluding hydrogens is 516 g/mol. The highest BCUT2D eigenvalue weighted by molar-refractivity contribution is 6.15. The zero-order valence-electron chi connectivity index (χ0n) is 21.4. The van der Waals surface area contributed by atoms with Gasteiger partial charge < -0.3 is 28.5 Å². The number of aromatic carboxylic acids is 1. The minimum absolute atomic E-state index is 0.0192. The van der Waals surface area contributed by atoms with Crippen molar-refractivity contribution in [1.82, 2.24) is 0 Å². The van der Waals surface area contributed by atoms with Crippen molar-refractivity contribution in [3.63, 3.8) is 0 Å². The van der Waals surface area contributed by atoms with E-state index in [4.69, 9.17) is 28.5 Å². The van der Waals surface area contributed by atoms with E-state index in [1.165, 1.54) is 26.4 Å². The van der Waals surface area contributed by atoms with Crippen LogP contribution in [-0.2, 0) is 4.79 Å². The van der Waals surface area contributed by atoms with Crippen molar-refractivity contribution in [2.45, 2.75) is 12.3 Å². The number of hydrogen-bond donors (Lipinski definition) is 1. The van der Waals surface area contributed by atoms with Gasteiger partial charge in [-0.15, -0.1) is 0 Å². The van der Waals surface area contributed by atoms with Crippen molar-refractivity contribution >= 4 is 23.8 Å². The molecule has 0 unspecified atom stereocenters. The van der Waals surface area contributed by atoms with Gasteiger partial charge in [0.05, 0.1) is 37.7 Å². The number of fused-ring (bicyclic) bond motifs is 3. The van der Waals surface area contributed by atoms with Crippen LogP contribution >= 0.6 is 0 Å². The number of rotatable bonds is 6. The number of allylic oxidation sites excluding steroid dienone is 1. The number of para-hydroxylation sites is 1. The van der Waals surface area contributed by atoms with E-state index in [1.807, 2.05) is 0 Å². The molecule has 0 saturated heterocycles. The van der Waals surface area contributed by atoms with Crippen molar-refractivity contribution in [3.8, 4) is 34.3 Å². The number of Topliss-reactive ketones (excluding diaryl/α,β-unsaturated/α-hetero) is 1. The third-order valence-electron chi connectivity index (χ3n) is 6.89. The predicted octanol–water partition coefficient (Wildman–Crippen LogP) is 5.72. The predicted molar refractivity (Wildman–Crippen MR) is 142 cm³/mol. The standard InChI is InChI=1S/C31H22O9/c1-36-24-5-3-4-18(29(24)37-2)14-25-28(33)19-10-11-23-27(30(19)40-25)20(15-26(32)39-23)22-13-12-21(38-22)16-6-8-17(9-7-16)31(34)35/h3-14,20H,15H2,1-2H3,(H,34,35)/b25-14-/t20-/m0/s1. The van der Waals surface area contributed by atoms with Crippen molar-refractivity contribution in [3.05, 3.63) is 101 Å². The maximum atomic E-state index is 13.4. The van der Waals surface area contributed by atoms with Crippen molar-refractivity contribution < 1.29 is 42.9 Å². The van der Waals surface area contributed by atoms with Crippen LogP contribution in [0.3, 0.4) is 0 Å². The third-order valence-corrected chi connectivity index (χ3v) is 6.89. The Labute approximate surface area is 228 Å². The number of benzene rings is 3. The van der Waals surface area contributed by atoms with Crippen LogP contribution in [0, 0.1) is 0 Å². The number of carboxylic acid groups (broad SMARTS) is 1. The molecule has 0 saturated carbocycles. The molecule has 3 heterocycles. The zero-order valence-corrected chi connectivity index (χ0v) is 21.4. The molecule has 1 aromatic heterocycles. The number of ether oxygens (including phenoxy) is 4. The average molecular weight is 539 g/mol. The molecule has 0 amide bonds. The smallest absolute Gasteiger partial charge is 0.335 e. The fourth-order valence-electron chi connectivity index (χ4n) is 4.99. The lowest BCUT2D eigenvalue weighted by Gasteiger charge is -2.24. The molecule has 2 aliphatic rings. The molecule has 1 N–H and O–H groups in total. The number of esters is 1. The number of furan rings is 1. The van der Waals surface area contributed by atoms with Gasteiger partial charge in [0.2, 0.25) is 5.78 Å². The SMILES string of the molecule is COc1cccc(/C=C2\Oc3c(ccc4c3[C@H](c3ccc(-c5ccc(C(=O)O)cc5)o3)CC(=O)O4)C2=O)c1OC. The average Bonchev–Trinajstić information content (AvgIpc) is 3.57. The highest BCUT2D eigenvalue weighted by Crippen LogP contribution is 2.49. The summed E-state index contributed by atoms with van der Waals surface area (Å²) in [7, 11) is 3.04. The maximum Gasteiger partial charge on any atom is 0.335 e. The van der Waals surface area contributed by atoms with E-state index in [0.717, 1.165) is 0 Å². The van der Waals surface area contributed by atoms with Crippen LogP contribution in [-0.4, -0.2) is 37.0 Å². The van der Waals surface area contributed by atoms with Gasteiger partial charge in [0.1, 0.15) is 23.0 Å².